The van der Waals surface area contributed by atoms with Crippen LogP contribution in [0.15, 0.2) is 48.5 Å². The van der Waals surface area contributed by atoms with Crippen molar-refractivity contribution in [2.45, 2.75) is 32.4 Å². The van der Waals surface area contributed by atoms with E-state index in [-0.39, 0.29) is 43.1 Å². The van der Waals surface area contributed by atoms with Gasteiger partial charge >= 0.3 is 0 Å². The first-order valence-electron chi connectivity index (χ1n) is 10.0. The van der Waals surface area contributed by atoms with Gasteiger partial charge in [0.05, 0.1) is 11.1 Å². The number of likely N-dealkylation sites (N-methyl/N-ethyl adjacent to an activating group) is 1. The van der Waals surface area contributed by atoms with Crippen molar-refractivity contribution in [3.63, 3.8) is 0 Å². The lowest BCUT2D eigenvalue weighted by Crippen LogP contribution is -2.46. The van der Waals surface area contributed by atoms with Crippen molar-refractivity contribution in [2.75, 3.05) is 13.6 Å². The van der Waals surface area contributed by atoms with Crippen LogP contribution in [-0.2, 0) is 16.1 Å². The molecule has 7 nitrogen and oxygen atoms in total. The molecule has 2 aromatic carbocycles. The van der Waals surface area contributed by atoms with Gasteiger partial charge in [0.25, 0.3) is 11.8 Å². The van der Waals surface area contributed by atoms with E-state index in [4.69, 9.17) is 11.6 Å². The Bertz CT molecular complexity index is 988. The van der Waals surface area contributed by atoms with Crippen LogP contribution in [0.2, 0.25) is 5.02 Å². The molecule has 2 aromatic rings. The Hall–Kier alpha value is -3.19. The molecule has 0 fully saturated rings. The van der Waals surface area contributed by atoms with Gasteiger partial charge in [-0.2, -0.15) is 0 Å². The summed E-state index contributed by atoms with van der Waals surface area (Å²) in [5.41, 5.74) is 1.49. The molecule has 0 saturated heterocycles. The summed E-state index contributed by atoms with van der Waals surface area (Å²) in [6.07, 6.45) is 0.378. The molecule has 0 radical (unpaired) electrons. The molecule has 0 saturated carbocycles. The molecular weight excluding hydrogens is 418 g/mol. The summed E-state index contributed by atoms with van der Waals surface area (Å²) in [7, 11) is 1.51. The Labute approximate surface area is 186 Å². The van der Waals surface area contributed by atoms with Gasteiger partial charge in [-0.25, -0.2) is 0 Å². The number of imide groups is 1. The lowest BCUT2D eigenvalue weighted by atomic mass is 10.1. The van der Waals surface area contributed by atoms with Crippen LogP contribution in [0.3, 0.4) is 0 Å². The standard InChI is InChI=1S/C23H24ClN3O4/c1-15(21(29)25-2)27(14-16-8-3-6-11-19(16)24)20(28)12-7-13-26-22(30)17-9-4-5-10-18(17)23(26)31/h3-6,8-11,15H,7,12-14H2,1-2H3,(H,25,29)/t15-/m1/s1. The molecule has 31 heavy (non-hydrogen) atoms. The fraction of sp³-hybridized carbons (Fsp3) is 0.304. The molecular formula is C23H24ClN3O4. The summed E-state index contributed by atoms with van der Waals surface area (Å²) in [5.74, 6) is -1.24. The highest BCUT2D eigenvalue weighted by molar-refractivity contribution is 6.31. The van der Waals surface area contributed by atoms with Gasteiger partial charge in [-0.05, 0) is 37.1 Å². The minimum Gasteiger partial charge on any atom is -0.357 e. The van der Waals surface area contributed by atoms with Crippen LogP contribution in [0.1, 0.15) is 46.0 Å². The van der Waals surface area contributed by atoms with Gasteiger partial charge in [0, 0.05) is 31.6 Å². The molecule has 0 spiro atoms. The van der Waals surface area contributed by atoms with Crippen molar-refractivity contribution in [3.05, 3.63) is 70.2 Å². The summed E-state index contributed by atoms with van der Waals surface area (Å²) in [6.45, 7) is 1.96. The molecule has 8 heteroatoms. The third-order valence-electron chi connectivity index (χ3n) is 5.36. The summed E-state index contributed by atoms with van der Waals surface area (Å²) in [6, 6.07) is 13.1. The van der Waals surface area contributed by atoms with Gasteiger partial charge in [0.1, 0.15) is 6.04 Å². The largest absolute Gasteiger partial charge is 0.357 e. The summed E-state index contributed by atoms with van der Waals surface area (Å²) >= 11 is 6.24. The van der Waals surface area contributed by atoms with Crippen molar-refractivity contribution >= 4 is 35.2 Å². The molecule has 162 valence electrons. The van der Waals surface area contributed by atoms with Crippen molar-refractivity contribution in [1.29, 1.82) is 0 Å². The molecule has 0 unspecified atom stereocenters. The lowest BCUT2D eigenvalue weighted by Gasteiger charge is -2.29. The highest BCUT2D eigenvalue weighted by Crippen LogP contribution is 2.23. The van der Waals surface area contributed by atoms with Gasteiger partial charge in [0.15, 0.2) is 0 Å². The topological polar surface area (TPSA) is 86.8 Å². The zero-order valence-corrected chi connectivity index (χ0v) is 18.2. The number of fused-ring (bicyclic) bond motifs is 1. The van der Waals surface area contributed by atoms with Crippen molar-refractivity contribution < 1.29 is 19.2 Å². The van der Waals surface area contributed by atoms with E-state index in [1.54, 1.807) is 49.4 Å². The molecule has 1 N–H and O–H groups in total. The molecule has 0 aliphatic carbocycles. The minimum atomic E-state index is -0.701. The maximum atomic E-state index is 13.0. The van der Waals surface area contributed by atoms with Crippen LogP contribution in [0.5, 0.6) is 0 Å². The molecule has 0 bridgehead atoms. The third kappa shape index (κ3) is 4.77. The summed E-state index contributed by atoms with van der Waals surface area (Å²) in [4.78, 5) is 52.8. The second kappa shape index (κ2) is 9.75. The van der Waals surface area contributed by atoms with E-state index in [2.05, 4.69) is 5.32 Å². The molecule has 1 aliphatic rings. The van der Waals surface area contributed by atoms with Gasteiger partial charge in [0.2, 0.25) is 11.8 Å². The maximum absolute atomic E-state index is 13.0. The Balaban J connectivity index is 1.67. The van der Waals surface area contributed by atoms with Crippen LogP contribution < -0.4 is 5.32 Å². The third-order valence-corrected chi connectivity index (χ3v) is 5.73. The van der Waals surface area contributed by atoms with E-state index in [9.17, 15) is 19.2 Å². The number of amides is 4. The van der Waals surface area contributed by atoms with E-state index in [1.807, 2.05) is 6.07 Å². The van der Waals surface area contributed by atoms with Gasteiger partial charge in [-0.3, -0.25) is 24.1 Å². The summed E-state index contributed by atoms with van der Waals surface area (Å²) < 4.78 is 0. The molecule has 0 aromatic heterocycles. The minimum absolute atomic E-state index is 0.0825. The Morgan fingerprint density at radius 3 is 2.19 bits per heavy atom. The molecule has 3 rings (SSSR count). The molecule has 1 aliphatic heterocycles. The average Bonchev–Trinajstić information content (AvgIpc) is 3.02. The lowest BCUT2D eigenvalue weighted by molar-refractivity contribution is -0.140. The van der Waals surface area contributed by atoms with E-state index < -0.39 is 6.04 Å². The van der Waals surface area contributed by atoms with Crippen LogP contribution in [0, 0.1) is 0 Å². The Morgan fingerprint density at radius 2 is 1.61 bits per heavy atom. The Morgan fingerprint density at radius 1 is 1.03 bits per heavy atom. The average molecular weight is 442 g/mol. The zero-order chi connectivity index (χ0) is 22.5. The number of rotatable bonds is 8. The van der Waals surface area contributed by atoms with Crippen molar-refractivity contribution in [2.24, 2.45) is 0 Å². The predicted molar refractivity (Wildman–Crippen MR) is 117 cm³/mol. The first kappa shape index (κ1) is 22.5. The molecule has 1 atom stereocenters. The number of nitrogens with one attached hydrogen (secondary N) is 1. The van der Waals surface area contributed by atoms with E-state index in [0.29, 0.717) is 22.6 Å². The zero-order valence-electron chi connectivity index (χ0n) is 17.4. The van der Waals surface area contributed by atoms with E-state index >= 15 is 0 Å². The first-order valence-corrected chi connectivity index (χ1v) is 10.4. The van der Waals surface area contributed by atoms with E-state index in [0.717, 1.165) is 5.56 Å². The van der Waals surface area contributed by atoms with E-state index in [1.165, 1.54) is 16.8 Å². The second-order valence-corrected chi connectivity index (χ2v) is 7.72. The normalized spacial score (nSPS) is 13.7. The number of hydrogen-bond acceptors (Lipinski definition) is 4. The monoisotopic (exact) mass is 441 g/mol. The quantitative estimate of drug-likeness (QED) is 0.638. The van der Waals surface area contributed by atoms with Crippen LogP contribution in [-0.4, -0.2) is 53.1 Å². The number of carbonyl (C=O) groups is 4. The van der Waals surface area contributed by atoms with Crippen LogP contribution in [0.4, 0.5) is 0 Å². The number of carbonyl (C=O) groups excluding carboxylic acids is 4. The molecule has 1 heterocycles. The molecule has 4 amide bonds. The first-order chi connectivity index (χ1) is 14.8. The highest BCUT2D eigenvalue weighted by Gasteiger charge is 2.35. The van der Waals surface area contributed by atoms with Crippen LogP contribution in [0.25, 0.3) is 0 Å². The highest BCUT2D eigenvalue weighted by atomic mass is 35.5. The SMILES string of the molecule is CNC(=O)[C@@H](C)N(Cc1ccccc1Cl)C(=O)CCCN1C(=O)c2ccccc2C1=O. The summed E-state index contributed by atoms with van der Waals surface area (Å²) in [5, 5.41) is 3.07. The van der Waals surface area contributed by atoms with Crippen LogP contribution >= 0.6 is 11.6 Å². The van der Waals surface area contributed by atoms with Crippen molar-refractivity contribution in [1.82, 2.24) is 15.1 Å². The number of halogens is 1. The van der Waals surface area contributed by atoms with Gasteiger partial charge in [-0.1, -0.05) is 41.9 Å². The predicted octanol–water partition coefficient (Wildman–Crippen LogP) is 2.88. The fourth-order valence-corrected chi connectivity index (χ4v) is 3.77. The Kier molecular flexibility index (Phi) is 7.07. The van der Waals surface area contributed by atoms with Gasteiger partial charge < -0.3 is 10.2 Å². The second-order valence-electron chi connectivity index (χ2n) is 7.31. The number of hydrogen-bond donors (Lipinski definition) is 1. The fourth-order valence-electron chi connectivity index (χ4n) is 3.58. The number of nitrogens with zero attached hydrogens (tertiary/aromatic N) is 2. The maximum Gasteiger partial charge on any atom is 0.261 e. The van der Waals surface area contributed by atoms with Gasteiger partial charge in [-0.15, -0.1) is 0 Å². The smallest absolute Gasteiger partial charge is 0.261 e. The van der Waals surface area contributed by atoms with Crippen molar-refractivity contribution in [3.8, 4) is 0 Å². The number of benzene rings is 2.